The molecule has 12 nitrogen and oxygen atoms in total. The van der Waals surface area contributed by atoms with E-state index in [4.69, 9.17) is 15.2 Å². The number of imidazole rings is 1. The van der Waals surface area contributed by atoms with E-state index < -0.39 is 49.0 Å². The van der Waals surface area contributed by atoms with Crippen molar-refractivity contribution in [2.24, 2.45) is 0 Å². The zero-order chi connectivity index (χ0) is 18.6. The van der Waals surface area contributed by atoms with Gasteiger partial charge in [0.1, 0.15) is 48.5 Å². The van der Waals surface area contributed by atoms with Crippen molar-refractivity contribution in [3.05, 3.63) is 12.7 Å². The molecule has 142 valence electrons. The smallest absolute Gasteiger partial charge is 0.205 e. The van der Waals surface area contributed by atoms with Crippen LogP contribution in [0.5, 0.6) is 0 Å². The Morgan fingerprint density at radius 2 is 1.96 bits per heavy atom. The Labute approximate surface area is 146 Å². The van der Waals surface area contributed by atoms with E-state index in [0.717, 1.165) is 0 Å². The van der Waals surface area contributed by atoms with E-state index in [1.54, 1.807) is 0 Å². The van der Waals surface area contributed by atoms with E-state index in [1.807, 2.05) is 0 Å². The lowest BCUT2D eigenvalue weighted by Crippen LogP contribution is -2.58. The maximum atomic E-state index is 10.8. The van der Waals surface area contributed by atoms with Crippen molar-refractivity contribution < 1.29 is 35.0 Å². The maximum absolute atomic E-state index is 10.8. The lowest BCUT2D eigenvalue weighted by Gasteiger charge is -2.39. The summed E-state index contributed by atoms with van der Waals surface area (Å²) in [6.45, 7) is -0.789. The molecule has 2 aromatic heterocycles. The van der Waals surface area contributed by atoms with Crippen LogP contribution >= 0.6 is 0 Å². The molecule has 0 saturated carbocycles. The van der Waals surface area contributed by atoms with Crippen molar-refractivity contribution in [3.63, 3.8) is 0 Å². The minimum absolute atomic E-state index is 0.0866. The van der Waals surface area contributed by atoms with Crippen LogP contribution in [-0.4, -0.2) is 94.9 Å². The topological polar surface area (TPSA) is 189 Å². The number of nitrogen functional groups attached to an aromatic ring is 1. The van der Waals surface area contributed by atoms with E-state index in [2.05, 4.69) is 15.0 Å². The van der Waals surface area contributed by atoms with Crippen LogP contribution in [0.15, 0.2) is 12.7 Å². The van der Waals surface area contributed by atoms with Crippen LogP contribution in [0, 0.1) is 0 Å². The number of hydrogen-bond donors (Lipinski definition) is 6. The second-order valence-electron chi connectivity index (χ2n) is 6.38. The summed E-state index contributed by atoms with van der Waals surface area (Å²) in [5.74, 6) is 0.0866. The summed E-state index contributed by atoms with van der Waals surface area (Å²) in [7, 11) is 0. The van der Waals surface area contributed by atoms with Crippen LogP contribution in [0.3, 0.4) is 0 Å². The highest BCUT2D eigenvalue weighted by Gasteiger charge is 2.64. The van der Waals surface area contributed by atoms with E-state index in [-0.39, 0.29) is 23.6 Å². The number of nitrogens with zero attached hydrogens (tertiary/aromatic N) is 4. The molecule has 2 saturated heterocycles. The number of anilines is 1. The lowest BCUT2D eigenvalue weighted by molar-refractivity contribution is -0.224. The zero-order valence-electron chi connectivity index (χ0n) is 13.5. The molecule has 4 rings (SSSR count). The number of fused-ring (bicyclic) bond motifs is 1. The van der Waals surface area contributed by atoms with Crippen LogP contribution in [0.2, 0.25) is 0 Å². The molecule has 0 spiro atoms. The largest absolute Gasteiger partial charge is 0.394 e. The highest BCUT2D eigenvalue weighted by Crippen LogP contribution is 2.44. The first-order valence-electron chi connectivity index (χ1n) is 7.98. The molecule has 0 radical (unpaired) electrons. The van der Waals surface area contributed by atoms with Crippen molar-refractivity contribution in [2.75, 3.05) is 18.9 Å². The molecule has 0 aliphatic carbocycles. The third-order valence-electron chi connectivity index (χ3n) is 4.95. The molecule has 2 fully saturated rings. The maximum Gasteiger partial charge on any atom is 0.205 e. The van der Waals surface area contributed by atoms with Gasteiger partial charge in [-0.25, -0.2) is 15.0 Å². The Kier molecular flexibility index (Phi) is 4.07. The molecular weight excluding hydrogens is 350 g/mol. The molecule has 4 heterocycles. The van der Waals surface area contributed by atoms with Crippen molar-refractivity contribution in [2.45, 2.75) is 42.3 Å². The predicted molar refractivity (Wildman–Crippen MR) is 83.4 cm³/mol. The Bertz CT molecular complexity index is 818. The average Bonchev–Trinajstić information content (AvgIpc) is 3.28. The fourth-order valence-corrected chi connectivity index (χ4v) is 3.62. The Morgan fingerprint density at radius 1 is 1.19 bits per heavy atom. The monoisotopic (exact) mass is 369 g/mol. The summed E-state index contributed by atoms with van der Waals surface area (Å²) in [5.41, 5.74) is 4.27. The fourth-order valence-electron chi connectivity index (χ4n) is 3.62. The summed E-state index contributed by atoms with van der Waals surface area (Å²) >= 11 is 0. The van der Waals surface area contributed by atoms with Crippen molar-refractivity contribution in [1.82, 2.24) is 19.5 Å². The summed E-state index contributed by atoms with van der Waals surface area (Å²) in [6.07, 6.45) is -5.73. The highest BCUT2D eigenvalue weighted by atomic mass is 16.6. The molecular formula is C14H19N5O7. The fraction of sp³-hybridized carbons (Fsp3) is 0.643. The molecule has 0 unspecified atom stereocenters. The molecule has 7 atom stereocenters. The number of ether oxygens (including phenoxy) is 2. The third-order valence-corrected chi connectivity index (χ3v) is 4.95. The first-order valence-corrected chi connectivity index (χ1v) is 7.98. The SMILES string of the molecule is Nc1ncnc2c1ncn2[C@]1([C@@H]2OC[C@H](O)[C@H]2O)O[C@H](CO)[C@@H](O)[C@H]1O. The van der Waals surface area contributed by atoms with Crippen LogP contribution in [0.4, 0.5) is 5.82 Å². The van der Waals surface area contributed by atoms with Gasteiger partial charge in [-0.15, -0.1) is 0 Å². The molecule has 0 bridgehead atoms. The number of aliphatic hydroxyl groups excluding tert-OH is 5. The summed E-state index contributed by atoms with van der Waals surface area (Å²) in [4.78, 5) is 12.0. The van der Waals surface area contributed by atoms with Gasteiger partial charge in [-0.3, -0.25) is 4.57 Å². The van der Waals surface area contributed by atoms with Gasteiger partial charge in [0.25, 0.3) is 0 Å². The van der Waals surface area contributed by atoms with E-state index in [0.29, 0.717) is 0 Å². The molecule has 0 aromatic carbocycles. The predicted octanol–water partition coefficient (Wildman–Crippen LogP) is -3.71. The normalized spacial score (nSPS) is 40.5. The van der Waals surface area contributed by atoms with Gasteiger partial charge >= 0.3 is 0 Å². The van der Waals surface area contributed by atoms with E-state index in [1.165, 1.54) is 17.2 Å². The van der Waals surface area contributed by atoms with Crippen molar-refractivity contribution in [3.8, 4) is 0 Å². The first kappa shape index (κ1) is 17.5. The number of nitrogens with two attached hydrogens (primary N) is 1. The molecule has 2 aliphatic rings. The number of hydrogen-bond acceptors (Lipinski definition) is 11. The Hall–Kier alpha value is -1.93. The van der Waals surface area contributed by atoms with Gasteiger partial charge in [0, 0.05) is 0 Å². The van der Waals surface area contributed by atoms with E-state index >= 15 is 0 Å². The second kappa shape index (κ2) is 6.06. The summed E-state index contributed by atoms with van der Waals surface area (Å²) in [5, 5.41) is 50.8. The van der Waals surface area contributed by atoms with Gasteiger partial charge < -0.3 is 40.7 Å². The molecule has 7 N–H and O–H groups in total. The van der Waals surface area contributed by atoms with Gasteiger partial charge in [-0.2, -0.15) is 0 Å². The number of aliphatic hydroxyl groups is 5. The third kappa shape index (κ3) is 2.18. The van der Waals surface area contributed by atoms with Gasteiger partial charge in [-0.1, -0.05) is 0 Å². The average molecular weight is 369 g/mol. The second-order valence-corrected chi connectivity index (χ2v) is 6.38. The zero-order valence-corrected chi connectivity index (χ0v) is 13.5. The quantitative estimate of drug-likeness (QED) is 0.312. The van der Waals surface area contributed by atoms with Crippen molar-refractivity contribution in [1.29, 1.82) is 0 Å². The molecule has 0 amide bonds. The highest BCUT2D eigenvalue weighted by molar-refractivity contribution is 5.81. The standard InChI is InChI=1S/C14H19N5O7/c15-12-7-13(17-3-16-12)19(4-18-7)14(11-8(22)5(21)2-25-11)10(24)9(23)6(1-20)26-14/h3-6,8-11,20-24H,1-2H2,(H2,15,16,17)/t5-,6+,8+,9+,10+,11+,14-/m0/s1. The van der Waals surface area contributed by atoms with Gasteiger partial charge in [0.2, 0.25) is 5.72 Å². The van der Waals surface area contributed by atoms with Crippen LogP contribution in [0.1, 0.15) is 0 Å². The Morgan fingerprint density at radius 3 is 2.58 bits per heavy atom. The Balaban J connectivity index is 1.93. The van der Waals surface area contributed by atoms with Gasteiger partial charge in [0.15, 0.2) is 11.5 Å². The molecule has 2 aliphatic heterocycles. The number of rotatable bonds is 3. The minimum atomic E-state index is -1.90. The summed E-state index contributed by atoms with van der Waals surface area (Å²) in [6, 6.07) is 0. The first-order chi connectivity index (χ1) is 12.4. The van der Waals surface area contributed by atoms with Crippen molar-refractivity contribution >= 4 is 17.0 Å². The van der Waals surface area contributed by atoms with Gasteiger partial charge in [0.05, 0.1) is 19.5 Å². The van der Waals surface area contributed by atoms with Crippen LogP contribution in [-0.2, 0) is 15.2 Å². The lowest BCUT2D eigenvalue weighted by atomic mass is 9.92. The van der Waals surface area contributed by atoms with E-state index in [9.17, 15) is 25.5 Å². The summed E-state index contributed by atoms with van der Waals surface area (Å²) < 4.78 is 12.5. The van der Waals surface area contributed by atoms with Crippen LogP contribution < -0.4 is 5.73 Å². The molecule has 26 heavy (non-hydrogen) atoms. The molecule has 12 heteroatoms. The molecule has 2 aromatic rings. The number of aromatic nitrogens is 4. The van der Waals surface area contributed by atoms with Crippen LogP contribution in [0.25, 0.3) is 11.2 Å². The minimum Gasteiger partial charge on any atom is -0.394 e. The van der Waals surface area contributed by atoms with Gasteiger partial charge in [-0.05, 0) is 0 Å².